The molecule has 3 aromatic rings. The van der Waals surface area contributed by atoms with Crippen LogP contribution < -0.4 is 10.2 Å². The smallest absolute Gasteiger partial charge is 0.326 e. The van der Waals surface area contributed by atoms with Crippen LogP contribution >= 0.6 is 11.6 Å². The molecule has 0 saturated heterocycles. The van der Waals surface area contributed by atoms with E-state index in [1.807, 2.05) is 32.0 Å². The number of benzene rings is 1. The SMILES string of the molecule is Cc1cc2c(cc1Cl)N(C(=O)Nc1cnc(-c3cccnc3C)c(O)c1)CC2. The van der Waals surface area contributed by atoms with E-state index in [4.69, 9.17) is 11.6 Å². The first-order chi connectivity index (χ1) is 13.4. The van der Waals surface area contributed by atoms with Crippen molar-refractivity contribution in [3.05, 3.63) is 64.6 Å². The summed E-state index contributed by atoms with van der Waals surface area (Å²) in [4.78, 5) is 22.9. The minimum Gasteiger partial charge on any atom is -0.506 e. The van der Waals surface area contributed by atoms with Gasteiger partial charge in [-0.15, -0.1) is 0 Å². The molecular weight excluding hydrogens is 376 g/mol. The van der Waals surface area contributed by atoms with Crippen LogP contribution in [0, 0.1) is 13.8 Å². The van der Waals surface area contributed by atoms with Crippen LogP contribution in [0.5, 0.6) is 5.75 Å². The molecule has 0 atom stereocenters. The summed E-state index contributed by atoms with van der Waals surface area (Å²) in [5.41, 5.74) is 5.27. The van der Waals surface area contributed by atoms with Crippen LogP contribution in [0.15, 0.2) is 42.7 Å². The van der Waals surface area contributed by atoms with Gasteiger partial charge in [0.25, 0.3) is 0 Å². The van der Waals surface area contributed by atoms with Crippen LogP contribution in [-0.4, -0.2) is 27.7 Å². The second-order valence-corrected chi connectivity index (χ2v) is 7.20. The number of aromatic nitrogens is 2. The van der Waals surface area contributed by atoms with Crippen LogP contribution in [0.2, 0.25) is 5.02 Å². The van der Waals surface area contributed by atoms with Crippen LogP contribution in [0.3, 0.4) is 0 Å². The molecule has 0 aliphatic carbocycles. The molecule has 0 unspecified atom stereocenters. The number of nitrogens with one attached hydrogen (secondary N) is 1. The molecule has 6 nitrogen and oxygen atoms in total. The molecular formula is C21H19ClN4O2. The molecule has 2 amide bonds. The quantitative estimate of drug-likeness (QED) is 0.659. The fourth-order valence-electron chi connectivity index (χ4n) is 3.40. The van der Waals surface area contributed by atoms with Crippen molar-refractivity contribution in [3.8, 4) is 17.0 Å². The fraction of sp³-hybridized carbons (Fsp3) is 0.190. The average molecular weight is 395 g/mol. The van der Waals surface area contributed by atoms with E-state index in [-0.39, 0.29) is 11.8 Å². The molecule has 1 aliphatic rings. The van der Waals surface area contributed by atoms with Crippen LogP contribution in [-0.2, 0) is 6.42 Å². The standard InChI is InChI=1S/C21H19ClN4O2/c1-12-8-14-5-7-26(18(14)10-17(12)22)21(28)25-15-9-19(27)20(24-11-15)16-4-3-6-23-13(16)2/h3-4,6,8-11,27H,5,7H2,1-2H3,(H,25,28). The van der Waals surface area contributed by atoms with Gasteiger partial charge in [-0.2, -0.15) is 0 Å². The molecule has 2 aromatic heterocycles. The zero-order valence-corrected chi connectivity index (χ0v) is 16.3. The topological polar surface area (TPSA) is 78.4 Å². The van der Waals surface area contributed by atoms with E-state index in [2.05, 4.69) is 15.3 Å². The molecule has 0 radical (unpaired) electrons. The lowest BCUT2D eigenvalue weighted by Crippen LogP contribution is -2.33. The van der Waals surface area contributed by atoms with Gasteiger partial charge in [-0.25, -0.2) is 4.79 Å². The Kier molecular flexibility index (Phi) is 4.65. The van der Waals surface area contributed by atoms with Gasteiger partial charge in [0.15, 0.2) is 0 Å². The number of anilines is 2. The Balaban J connectivity index is 1.56. The molecule has 4 rings (SSSR count). The minimum absolute atomic E-state index is 0.0191. The number of fused-ring (bicyclic) bond motifs is 1. The minimum atomic E-state index is -0.287. The van der Waals surface area contributed by atoms with Crippen LogP contribution in [0.4, 0.5) is 16.2 Å². The molecule has 2 N–H and O–H groups in total. The van der Waals surface area contributed by atoms with Gasteiger partial charge in [0.05, 0.1) is 17.6 Å². The number of carbonyl (C=O) groups is 1. The van der Waals surface area contributed by atoms with E-state index >= 15 is 0 Å². The van der Waals surface area contributed by atoms with Gasteiger partial charge in [-0.05, 0) is 49.6 Å². The third-order valence-electron chi connectivity index (χ3n) is 4.88. The number of aryl methyl sites for hydroxylation is 2. The summed E-state index contributed by atoms with van der Waals surface area (Å²) in [5, 5.41) is 13.8. The summed E-state index contributed by atoms with van der Waals surface area (Å²) in [5.74, 6) is -0.0191. The summed E-state index contributed by atoms with van der Waals surface area (Å²) in [7, 11) is 0. The number of urea groups is 1. The highest BCUT2D eigenvalue weighted by Gasteiger charge is 2.26. The van der Waals surface area contributed by atoms with Crippen molar-refractivity contribution in [1.82, 2.24) is 9.97 Å². The average Bonchev–Trinajstić information content (AvgIpc) is 3.06. The number of pyridine rings is 2. The van der Waals surface area contributed by atoms with E-state index < -0.39 is 0 Å². The molecule has 28 heavy (non-hydrogen) atoms. The second-order valence-electron chi connectivity index (χ2n) is 6.79. The van der Waals surface area contributed by atoms with E-state index in [9.17, 15) is 9.90 Å². The lowest BCUT2D eigenvalue weighted by atomic mass is 10.1. The summed E-state index contributed by atoms with van der Waals surface area (Å²) in [6, 6.07) is 8.68. The molecule has 142 valence electrons. The normalized spacial score (nSPS) is 12.8. The summed E-state index contributed by atoms with van der Waals surface area (Å²) >= 11 is 6.23. The molecule has 0 spiro atoms. The lowest BCUT2D eigenvalue weighted by molar-refractivity contribution is 0.257. The Morgan fingerprint density at radius 2 is 2.07 bits per heavy atom. The Bertz CT molecular complexity index is 1080. The Morgan fingerprint density at radius 1 is 1.25 bits per heavy atom. The zero-order valence-electron chi connectivity index (χ0n) is 15.5. The van der Waals surface area contributed by atoms with E-state index in [1.165, 1.54) is 12.3 Å². The van der Waals surface area contributed by atoms with Gasteiger partial charge in [0, 0.05) is 35.1 Å². The number of aromatic hydroxyl groups is 1. The number of nitrogens with zero attached hydrogens (tertiary/aromatic N) is 3. The van der Waals surface area contributed by atoms with E-state index in [0.717, 1.165) is 34.5 Å². The van der Waals surface area contributed by atoms with Crippen LogP contribution in [0.1, 0.15) is 16.8 Å². The van der Waals surface area contributed by atoms with Crippen molar-refractivity contribution >= 4 is 29.0 Å². The van der Waals surface area contributed by atoms with Gasteiger partial charge < -0.3 is 10.4 Å². The Labute approximate surface area is 167 Å². The number of carbonyl (C=O) groups excluding carboxylic acids is 1. The maximum atomic E-state index is 12.7. The highest BCUT2D eigenvalue weighted by molar-refractivity contribution is 6.31. The van der Waals surface area contributed by atoms with Crippen molar-refractivity contribution in [3.63, 3.8) is 0 Å². The zero-order chi connectivity index (χ0) is 19.8. The molecule has 0 bridgehead atoms. The van der Waals surface area contributed by atoms with Crippen molar-refractivity contribution in [2.45, 2.75) is 20.3 Å². The summed E-state index contributed by atoms with van der Waals surface area (Å²) in [6.45, 7) is 4.38. The first kappa shape index (κ1) is 18.3. The summed E-state index contributed by atoms with van der Waals surface area (Å²) < 4.78 is 0. The number of hydrogen-bond donors (Lipinski definition) is 2. The van der Waals surface area contributed by atoms with Crippen molar-refractivity contribution in [2.75, 3.05) is 16.8 Å². The van der Waals surface area contributed by atoms with Gasteiger partial charge >= 0.3 is 6.03 Å². The highest BCUT2D eigenvalue weighted by Crippen LogP contribution is 2.34. The maximum absolute atomic E-state index is 12.7. The maximum Gasteiger partial charge on any atom is 0.326 e. The number of rotatable bonds is 2. The third-order valence-corrected chi connectivity index (χ3v) is 5.29. The van der Waals surface area contributed by atoms with Crippen LogP contribution in [0.25, 0.3) is 11.3 Å². The molecule has 0 saturated carbocycles. The van der Waals surface area contributed by atoms with Crippen molar-refractivity contribution in [1.29, 1.82) is 0 Å². The van der Waals surface area contributed by atoms with E-state index in [0.29, 0.717) is 22.9 Å². The predicted octanol–water partition coefficient (Wildman–Crippen LogP) is 4.71. The third kappa shape index (κ3) is 3.27. The van der Waals surface area contributed by atoms with Crippen molar-refractivity contribution in [2.24, 2.45) is 0 Å². The Morgan fingerprint density at radius 3 is 2.82 bits per heavy atom. The van der Waals surface area contributed by atoms with Gasteiger partial charge in [0.2, 0.25) is 0 Å². The first-order valence-corrected chi connectivity index (χ1v) is 9.30. The molecule has 0 fully saturated rings. The van der Waals surface area contributed by atoms with E-state index in [1.54, 1.807) is 17.2 Å². The molecule has 1 aromatic carbocycles. The van der Waals surface area contributed by atoms with Gasteiger partial charge in [-0.1, -0.05) is 17.7 Å². The monoisotopic (exact) mass is 394 g/mol. The molecule has 1 aliphatic heterocycles. The summed E-state index contributed by atoms with van der Waals surface area (Å²) in [6.07, 6.45) is 3.99. The Hall–Kier alpha value is -3.12. The fourth-order valence-corrected chi connectivity index (χ4v) is 3.56. The van der Waals surface area contributed by atoms with Crippen molar-refractivity contribution < 1.29 is 9.90 Å². The number of hydrogen-bond acceptors (Lipinski definition) is 4. The lowest BCUT2D eigenvalue weighted by Gasteiger charge is -2.19. The predicted molar refractivity (Wildman–Crippen MR) is 110 cm³/mol. The van der Waals surface area contributed by atoms with Gasteiger partial charge in [0.1, 0.15) is 11.4 Å². The van der Waals surface area contributed by atoms with Gasteiger partial charge in [-0.3, -0.25) is 14.9 Å². The first-order valence-electron chi connectivity index (χ1n) is 8.92. The largest absolute Gasteiger partial charge is 0.506 e. The highest BCUT2D eigenvalue weighted by atomic mass is 35.5. The second kappa shape index (κ2) is 7.13. The number of halogens is 1. The molecule has 3 heterocycles. The molecule has 7 heteroatoms. The number of amides is 2.